The number of carbonyl (C=O) groups is 2. The van der Waals surface area contributed by atoms with Crippen LogP contribution in [0, 0.1) is 5.41 Å². The van der Waals surface area contributed by atoms with Crippen LogP contribution in [0.1, 0.15) is 44.9 Å². The first-order valence-corrected chi connectivity index (χ1v) is 8.74. The predicted octanol–water partition coefficient (Wildman–Crippen LogP) is 2.46. The summed E-state index contributed by atoms with van der Waals surface area (Å²) in [5, 5.41) is 14.9. The highest BCUT2D eigenvalue weighted by molar-refractivity contribution is 7.98. The second kappa shape index (κ2) is 9.10. The number of thioether (sulfide) groups is 1. The zero-order valence-electron chi connectivity index (χ0n) is 12.2. The maximum atomic E-state index is 11.7. The Hall–Kier alpha value is -0.910. The van der Waals surface area contributed by atoms with Crippen LogP contribution >= 0.6 is 11.8 Å². The van der Waals surface area contributed by atoms with Crippen molar-refractivity contribution in [2.24, 2.45) is 5.41 Å². The van der Waals surface area contributed by atoms with E-state index >= 15 is 0 Å². The van der Waals surface area contributed by atoms with Crippen LogP contribution < -0.4 is 10.6 Å². The zero-order chi connectivity index (χ0) is 14.8. The Morgan fingerprint density at radius 2 is 1.85 bits per heavy atom. The molecule has 1 saturated carbocycles. The summed E-state index contributed by atoms with van der Waals surface area (Å²) in [5.74, 6) is 0.322. The van der Waals surface area contributed by atoms with E-state index in [1.165, 1.54) is 0 Å². The monoisotopic (exact) mass is 302 g/mol. The second-order valence-corrected chi connectivity index (χ2v) is 6.44. The van der Waals surface area contributed by atoms with Crippen molar-refractivity contribution in [2.75, 3.05) is 25.1 Å². The molecule has 5 nitrogen and oxygen atoms in total. The van der Waals surface area contributed by atoms with Crippen LogP contribution in [0.4, 0.5) is 4.79 Å². The third kappa shape index (κ3) is 5.61. The molecule has 1 aliphatic rings. The molecule has 0 aromatic carbocycles. The Morgan fingerprint density at radius 3 is 2.45 bits per heavy atom. The standard InChI is InChI=1S/C14H26N2O3S/c1-20-10-6-5-9-15-13(19)16-11-14(12(17)18)7-3-2-4-8-14/h2-11H2,1H3,(H,17,18)(H2,15,16,19). The molecule has 3 N–H and O–H groups in total. The van der Waals surface area contributed by atoms with Crippen molar-refractivity contribution in [1.29, 1.82) is 0 Å². The molecule has 0 radical (unpaired) electrons. The smallest absolute Gasteiger partial charge is 0.314 e. The molecule has 0 saturated heterocycles. The first-order chi connectivity index (χ1) is 9.60. The van der Waals surface area contributed by atoms with Crippen LogP contribution in [0.25, 0.3) is 0 Å². The van der Waals surface area contributed by atoms with Gasteiger partial charge < -0.3 is 15.7 Å². The number of amides is 2. The zero-order valence-corrected chi connectivity index (χ0v) is 13.1. The van der Waals surface area contributed by atoms with Crippen LogP contribution in [-0.4, -0.2) is 42.2 Å². The second-order valence-electron chi connectivity index (χ2n) is 5.46. The molecule has 0 aromatic rings. The minimum absolute atomic E-state index is 0.235. The number of hydrogen-bond acceptors (Lipinski definition) is 3. The molecule has 0 bridgehead atoms. The Kier molecular flexibility index (Phi) is 7.80. The Bertz CT molecular complexity index is 318. The van der Waals surface area contributed by atoms with Crippen LogP contribution in [0.3, 0.4) is 0 Å². The maximum absolute atomic E-state index is 11.7. The van der Waals surface area contributed by atoms with Gasteiger partial charge in [0.05, 0.1) is 5.41 Å². The van der Waals surface area contributed by atoms with Crippen LogP contribution in [-0.2, 0) is 4.79 Å². The van der Waals surface area contributed by atoms with Crippen molar-refractivity contribution >= 4 is 23.8 Å². The van der Waals surface area contributed by atoms with Crippen LogP contribution in [0.15, 0.2) is 0 Å². The fourth-order valence-electron chi connectivity index (χ4n) is 2.58. The third-order valence-corrected chi connectivity index (χ3v) is 4.61. The van der Waals surface area contributed by atoms with Crippen molar-refractivity contribution in [3.8, 4) is 0 Å². The van der Waals surface area contributed by atoms with Gasteiger partial charge in [0, 0.05) is 13.1 Å². The van der Waals surface area contributed by atoms with Gasteiger partial charge in [-0.1, -0.05) is 19.3 Å². The van der Waals surface area contributed by atoms with E-state index in [4.69, 9.17) is 0 Å². The van der Waals surface area contributed by atoms with E-state index in [0.717, 1.165) is 37.9 Å². The number of unbranched alkanes of at least 4 members (excludes halogenated alkanes) is 1. The molecular formula is C14H26N2O3S. The molecule has 0 aromatic heterocycles. The molecule has 0 heterocycles. The van der Waals surface area contributed by atoms with Crippen molar-refractivity contribution in [3.05, 3.63) is 0 Å². The van der Waals surface area contributed by atoms with Crippen molar-refractivity contribution in [1.82, 2.24) is 10.6 Å². The predicted molar refractivity (Wildman–Crippen MR) is 82.2 cm³/mol. The lowest BCUT2D eigenvalue weighted by Gasteiger charge is -2.33. The van der Waals surface area contributed by atoms with Gasteiger partial charge in [0.2, 0.25) is 0 Å². The molecule has 1 fully saturated rings. The summed E-state index contributed by atoms with van der Waals surface area (Å²) in [7, 11) is 0. The fraction of sp³-hybridized carbons (Fsp3) is 0.857. The van der Waals surface area contributed by atoms with Gasteiger partial charge in [0.1, 0.15) is 0 Å². The molecule has 1 aliphatic carbocycles. The normalized spacial score (nSPS) is 17.4. The first kappa shape index (κ1) is 17.1. The van der Waals surface area contributed by atoms with Crippen molar-refractivity contribution < 1.29 is 14.7 Å². The van der Waals surface area contributed by atoms with Gasteiger partial charge >= 0.3 is 12.0 Å². The summed E-state index contributed by atoms with van der Waals surface area (Å²) in [5.41, 5.74) is -0.756. The van der Waals surface area contributed by atoms with Gasteiger partial charge in [0.25, 0.3) is 0 Å². The number of nitrogens with one attached hydrogen (secondary N) is 2. The summed E-state index contributed by atoms with van der Waals surface area (Å²) in [6, 6.07) is -0.250. The minimum Gasteiger partial charge on any atom is -0.481 e. The molecule has 0 unspecified atom stereocenters. The number of hydrogen-bond donors (Lipinski definition) is 3. The largest absolute Gasteiger partial charge is 0.481 e. The van der Waals surface area contributed by atoms with Gasteiger partial charge in [-0.25, -0.2) is 4.79 Å². The fourth-order valence-corrected chi connectivity index (χ4v) is 3.07. The Balaban J connectivity index is 2.25. The number of carbonyl (C=O) groups excluding carboxylic acids is 1. The lowest BCUT2D eigenvalue weighted by Crippen LogP contribution is -2.47. The molecule has 2 amide bonds. The van der Waals surface area contributed by atoms with E-state index < -0.39 is 11.4 Å². The van der Waals surface area contributed by atoms with Crippen molar-refractivity contribution in [3.63, 3.8) is 0 Å². The van der Waals surface area contributed by atoms with E-state index in [1.807, 2.05) is 0 Å². The van der Waals surface area contributed by atoms with Crippen LogP contribution in [0.2, 0.25) is 0 Å². The molecular weight excluding hydrogens is 276 g/mol. The SMILES string of the molecule is CSCCCCNC(=O)NCC1(C(=O)O)CCCCC1. The maximum Gasteiger partial charge on any atom is 0.314 e. The van der Waals surface area contributed by atoms with Crippen LogP contribution in [0.5, 0.6) is 0 Å². The Morgan fingerprint density at radius 1 is 1.15 bits per heavy atom. The first-order valence-electron chi connectivity index (χ1n) is 7.35. The van der Waals surface area contributed by atoms with E-state index in [2.05, 4.69) is 16.9 Å². The molecule has 1 rings (SSSR count). The third-order valence-electron chi connectivity index (χ3n) is 3.91. The van der Waals surface area contributed by atoms with Gasteiger partial charge in [-0.05, 0) is 37.7 Å². The molecule has 116 valence electrons. The van der Waals surface area contributed by atoms with Gasteiger partial charge in [-0.3, -0.25) is 4.79 Å². The summed E-state index contributed by atoms with van der Waals surface area (Å²) < 4.78 is 0. The quantitative estimate of drug-likeness (QED) is 0.602. The number of aliphatic carboxylic acids is 1. The molecule has 20 heavy (non-hydrogen) atoms. The van der Waals surface area contributed by atoms with Gasteiger partial charge in [-0.15, -0.1) is 0 Å². The van der Waals surface area contributed by atoms with E-state index in [0.29, 0.717) is 19.4 Å². The highest BCUT2D eigenvalue weighted by Crippen LogP contribution is 2.35. The van der Waals surface area contributed by atoms with Gasteiger partial charge in [0.15, 0.2) is 0 Å². The molecule has 0 aliphatic heterocycles. The highest BCUT2D eigenvalue weighted by atomic mass is 32.2. The Labute approximate surface area is 125 Å². The summed E-state index contributed by atoms with van der Waals surface area (Å²) in [6.07, 6.45) is 8.40. The molecule has 0 atom stereocenters. The summed E-state index contributed by atoms with van der Waals surface area (Å²) in [4.78, 5) is 23.1. The number of carboxylic acids is 1. The topological polar surface area (TPSA) is 78.4 Å². The summed E-state index contributed by atoms with van der Waals surface area (Å²) >= 11 is 1.80. The van der Waals surface area contributed by atoms with E-state index in [1.54, 1.807) is 11.8 Å². The van der Waals surface area contributed by atoms with Crippen molar-refractivity contribution in [2.45, 2.75) is 44.9 Å². The molecule has 0 spiro atoms. The number of urea groups is 1. The number of carboxylic acid groups (broad SMARTS) is 1. The highest BCUT2D eigenvalue weighted by Gasteiger charge is 2.39. The lowest BCUT2D eigenvalue weighted by atomic mass is 9.74. The van der Waals surface area contributed by atoms with E-state index in [9.17, 15) is 14.7 Å². The van der Waals surface area contributed by atoms with E-state index in [-0.39, 0.29) is 12.6 Å². The minimum atomic E-state index is -0.780. The van der Waals surface area contributed by atoms with Gasteiger partial charge in [-0.2, -0.15) is 11.8 Å². The average Bonchev–Trinajstić information content (AvgIpc) is 2.46. The average molecular weight is 302 g/mol. The summed E-state index contributed by atoms with van der Waals surface area (Å²) in [6.45, 7) is 0.880. The lowest BCUT2D eigenvalue weighted by molar-refractivity contribution is -0.150. The molecule has 6 heteroatoms. The number of rotatable bonds is 8.